The molecule has 0 bridgehead atoms. The second-order valence-corrected chi connectivity index (χ2v) is 4.34. The van der Waals surface area contributed by atoms with E-state index in [-0.39, 0.29) is 11.8 Å². The van der Waals surface area contributed by atoms with Crippen LogP contribution in [-0.2, 0) is 4.79 Å². The lowest BCUT2D eigenvalue weighted by molar-refractivity contribution is -0.149. The van der Waals surface area contributed by atoms with Crippen LogP contribution >= 0.6 is 0 Å². The van der Waals surface area contributed by atoms with Crippen LogP contribution in [0.2, 0.25) is 0 Å². The van der Waals surface area contributed by atoms with Gasteiger partial charge in [-0.15, -0.1) is 0 Å². The van der Waals surface area contributed by atoms with Gasteiger partial charge in [-0.25, -0.2) is 0 Å². The number of rotatable bonds is 7. The van der Waals surface area contributed by atoms with E-state index in [2.05, 4.69) is 0 Å². The maximum atomic E-state index is 12.2. The lowest BCUT2D eigenvalue weighted by Crippen LogP contribution is -2.39. The van der Waals surface area contributed by atoms with Gasteiger partial charge in [-0.2, -0.15) is 13.2 Å². The molecular formula is C11H20F3NO. The smallest absolute Gasteiger partial charge is 0.300 e. The van der Waals surface area contributed by atoms with Crippen LogP contribution in [0.1, 0.15) is 40.0 Å². The molecular weight excluding hydrogens is 219 g/mol. The average molecular weight is 239 g/mol. The van der Waals surface area contributed by atoms with Gasteiger partial charge in [-0.3, -0.25) is 4.90 Å². The molecule has 0 aliphatic heterocycles. The third-order valence-corrected chi connectivity index (χ3v) is 2.34. The first-order valence-corrected chi connectivity index (χ1v) is 5.52. The molecule has 0 aliphatic rings. The Bertz CT molecular complexity index is 214. The summed E-state index contributed by atoms with van der Waals surface area (Å²) in [5, 5.41) is 0. The number of ketones is 1. The minimum atomic E-state index is -4.15. The molecule has 0 aliphatic carbocycles. The lowest BCUT2D eigenvalue weighted by Gasteiger charge is -2.27. The Morgan fingerprint density at radius 3 is 2.19 bits per heavy atom. The van der Waals surface area contributed by atoms with Gasteiger partial charge in [0.1, 0.15) is 5.78 Å². The summed E-state index contributed by atoms with van der Waals surface area (Å²) >= 11 is 0. The third kappa shape index (κ3) is 8.71. The number of hydrogen-bond donors (Lipinski definition) is 0. The summed E-state index contributed by atoms with van der Waals surface area (Å²) in [6.45, 7) is 4.51. The molecule has 0 amide bonds. The van der Waals surface area contributed by atoms with Crippen molar-refractivity contribution in [2.45, 2.75) is 52.3 Å². The summed E-state index contributed by atoms with van der Waals surface area (Å²) in [5.74, 6) is 0.0897. The number of hydrogen-bond acceptors (Lipinski definition) is 2. The lowest BCUT2D eigenvalue weighted by atomic mass is 10.1. The van der Waals surface area contributed by atoms with Crippen molar-refractivity contribution in [2.75, 3.05) is 13.1 Å². The van der Waals surface area contributed by atoms with Crippen LogP contribution < -0.4 is 0 Å². The summed E-state index contributed by atoms with van der Waals surface area (Å²) in [4.78, 5) is 12.0. The molecule has 2 nitrogen and oxygen atoms in total. The number of nitrogens with zero attached hydrogens (tertiary/aromatic N) is 1. The molecule has 0 heterocycles. The van der Waals surface area contributed by atoms with E-state index >= 15 is 0 Å². The molecule has 0 spiro atoms. The van der Waals surface area contributed by atoms with Gasteiger partial charge in [-0.05, 0) is 40.2 Å². The molecule has 16 heavy (non-hydrogen) atoms. The molecule has 0 N–H and O–H groups in total. The van der Waals surface area contributed by atoms with Gasteiger partial charge in [0.2, 0.25) is 0 Å². The predicted octanol–water partition coefficient (Wildman–Crippen LogP) is 3.02. The van der Waals surface area contributed by atoms with Gasteiger partial charge in [0.15, 0.2) is 0 Å². The Morgan fingerprint density at radius 1 is 1.25 bits per heavy atom. The number of Topliss-reactive ketones (excluding diaryl/α,β-unsaturated/α-hetero) is 1. The molecule has 96 valence electrons. The summed E-state index contributed by atoms with van der Waals surface area (Å²) in [6, 6.07) is -0.126. The molecule has 0 aromatic rings. The molecule has 0 saturated heterocycles. The van der Waals surface area contributed by atoms with Crippen LogP contribution in [-0.4, -0.2) is 36.0 Å². The maximum Gasteiger partial charge on any atom is 0.401 e. The Labute approximate surface area is 94.8 Å². The third-order valence-electron chi connectivity index (χ3n) is 2.34. The van der Waals surface area contributed by atoms with E-state index in [0.29, 0.717) is 25.8 Å². The van der Waals surface area contributed by atoms with Gasteiger partial charge in [0.05, 0.1) is 6.54 Å². The predicted molar refractivity (Wildman–Crippen MR) is 57.3 cm³/mol. The zero-order valence-electron chi connectivity index (χ0n) is 10.1. The van der Waals surface area contributed by atoms with Gasteiger partial charge in [-0.1, -0.05) is 0 Å². The summed E-state index contributed by atoms with van der Waals surface area (Å²) < 4.78 is 36.6. The largest absolute Gasteiger partial charge is 0.401 e. The van der Waals surface area contributed by atoms with Gasteiger partial charge in [0.25, 0.3) is 0 Å². The minimum absolute atomic E-state index is 0.0897. The second kappa shape index (κ2) is 6.89. The Hall–Kier alpha value is -0.580. The Morgan fingerprint density at radius 2 is 1.81 bits per heavy atom. The fourth-order valence-electron chi connectivity index (χ4n) is 1.44. The highest BCUT2D eigenvalue weighted by molar-refractivity contribution is 5.75. The van der Waals surface area contributed by atoms with Crippen molar-refractivity contribution < 1.29 is 18.0 Å². The molecule has 0 rings (SSSR count). The summed E-state index contributed by atoms with van der Waals surface area (Å²) in [6.07, 6.45) is -2.40. The van der Waals surface area contributed by atoms with Crippen molar-refractivity contribution in [1.82, 2.24) is 4.90 Å². The number of halogens is 3. The van der Waals surface area contributed by atoms with Crippen molar-refractivity contribution in [1.29, 1.82) is 0 Å². The van der Waals surface area contributed by atoms with E-state index in [1.54, 1.807) is 13.8 Å². The molecule has 0 atom stereocenters. The van der Waals surface area contributed by atoms with E-state index in [1.165, 1.54) is 11.8 Å². The van der Waals surface area contributed by atoms with Crippen LogP contribution in [0.25, 0.3) is 0 Å². The molecule has 5 heteroatoms. The van der Waals surface area contributed by atoms with E-state index in [0.717, 1.165) is 0 Å². The fourth-order valence-corrected chi connectivity index (χ4v) is 1.44. The first-order chi connectivity index (χ1) is 7.22. The first kappa shape index (κ1) is 15.4. The number of carbonyl (C=O) groups excluding carboxylic acids is 1. The normalized spacial score (nSPS) is 12.5. The maximum absolute atomic E-state index is 12.2. The van der Waals surface area contributed by atoms with Crippen molar-refractivity contribution in [3.8, 4) is 0 Å². The van der Waals surface area contributed by atoms with Crippen molar-refractivity contribution in [3.05, 3.63) is 0 Å². The standard InChI is InChI=1S/C11H20F3NO/c1-9(2)15(8-11(12,13)14)7-5-4-6-10(3)16/h9H,4-8H2,1-3H3. The molecule has 0 aromatic heterocycles. The monoisotopic (exact) mass is 239 g/mol. The SMILES string of the molecule is CC(=O)CCCCN(CC(F)(F)F)C(C)C. The number of carbonyl (C=O) groups is 1. The molecule has 0 unspecified atom stereocenters. The quantitative estimate of drug-likeness (QED) is 0.636. The van der Waals surface area contributed by atoms with Crippen LogP contribution in [0, 0.1) is 0 Å². The average Bonchev–Trinajstić information content (AvgIpc) is 2.07. The highest BCUT2D eigenvalue weighted by Gasteiger charge is 2.31. The van der Waals surface area contributed by atoms with Gasteiger partial charge in [0, 0.05) is 12.5 Å². The Balaban J connectivity index is 3.91. The molecule has 0 saturated carbocycles. The van der Waals surface area contributed by atoms with Crippen LogP contribution in [0.5, 0.6) is 0 Å². The summed E-state index contributed by atoms with van der Waals surface area (Å²) in [7, 11) is 0. The van der Waals surface area contributed by atoms with Crippen molar-refractivity contribution in [2.24, 2.45) is 0 Å². The molecule has 0 aromatic carbocycles. The van der Waals surface area contributed by atoms with Crippen molar-refractivity contribution >= 4 is 5.78 Å². The van der Waals surface area contributed by atoms with E-state index in [9.17, 15) is 18.0 Å². The van der Waals surface area contributed by atoms with Crippen LogP contribution in [0.15, 0.2) is 0 Å². The van der Waals surface area contributed by atoms with E-state index < -0.39 is 12.7 Å². The first-order valence-electron chi connectivity index (χ1n) is 5.52. The summed E-state index contributed by atoms with van der Waals surface area (Å²) in [5.41, 5.74) is 0. The number of unbranched alkanes of at least 4 members (excludes halogenated alkanes) is 1. The molecule has 0 radical (unpaired) electrons. The topological polar surface area (TPSA) is 20.3 Å². The minimum Gasteiger partial charge on any atom is -0.300 e. The van der Waals surface area contributed by atoms with Gasteiger partial charge >= 0.3 is 6.18 Å². The Kier molecular flexibility index (Phi) is 6.64. The van der Waals surface area contributed by atoms with E-state index in [4.69, 9.17) is 0 Å². The van der Waals surface area contributed by atoms with Crippen LogP contribution in [0.3, 0.4) is 0 Å². The fraction of sp³-hybridized carbons (Fsp3) is 0.909. The van der Waals surface area contributed by atoms with Gasteiger partial charge < -0.3 is 4.79 Å². The number of alkyl halides is 3. The highest BCUT2D eigenvalue weighted by Crippen LogP contribution is 2.18. The van der Waals surface area contributed by atoms with Crippen molar-refractivity contribution in [3.63, 3.8) is 0 Å². The molecule has 0 fully saturated rings. The zero-order chi connectivity index (χ0) is 12.8. The zero-order valence-corrected chi connectivity index (χ0v) is 10.1. The van der Waals surface area contributed by atoms with E-state index in [1.807, 2.05) is 0 Å². The second-order valence-electron chi connectivity index (χ2n) is 4.34. The van der Waals surface area contributed by atoms with Crippen LogP contribution in [0.4, 0.5) is 13.2 Å². The highest BCUT2D eigenvalue weighted by atomic mass is 19.4.